The average Bonchev–Trinajstić information content (AvgIpc) is 2.56. The number of halogens is 1. The largest absolute Gasteiger partial charge is 0.340 e. The molecule has 0 aromatic heterocycles. The van der Waals surface area contributed by atoms with Crippen LogP contribution in [0.25, 0.3) is 0 Å². The van der Waals surface area contributed by atoms with Crippen LogP contribution >= 0.6 is 0 Å². The molecule has 0 N–H and O–H groups in total. The highest BCUT2D eigenvalue weighted by Gasteiger charge is 2.31. The molecule has 1 aromatic rings. The number of piperazine rings is 1. The van der Waals surface area contributed by atoms with Crippen molar-refractivity contribution in [2.45, 2.75) is 45.2 Å². The molecule has 0 radical (unpaired) electrons. The molecule has 5 heteroatoms. The van der Waals surface area contributed by atoms with Gasteiger partial charge in [-0.05, 0) is 65.0 Å². The van der Waals surface area contributed by atoms with E-state index in [1.54, 1.807) is 12.1 Å². The minimum Gasteiger partial charge on any atom is -0.340 e. The first-order valence-corrected chi connectivity index (χ1v) is 9.29. The van der Waals surface area contributed by atoms with Crippen LogP contribution < -0.4 is 0 Å². The van der Waals surface area contributed by atoms with E-state index in [0.717, 1.165) is 38.2 Å². The molecule has 2 atom stereocenters. The van der Waals surface area contributed by atoms with Gasteiger partial charge in [0, 0.05) is 38.1 Å². The summed E-state index contributed by atoms with van der Waals surface area (Å²) in [5, 5.41) is 0. The number of carbonyl (C=O) groups excluding carboxylic acids is 1. The summed E-state index contributed by atoms with van der Waals surface area (Å²) in [4.78, 5) is 19.3. The summed E-state index contributed by atoms with van der Waals surface area (Å²) < 4.78 is 12.9. The van der Waals surface area contributed by atoms with E-state index in [1.807, 2.05) is 4.90 Å². The van der Waals surface area contributed by atoms with Gasteiger partial charge >= 0.3 is 0 Å². The number of hydrogen-bond donors (Lipinski definition) is 0. The van der Waals surface area contributed by atoms with Crippen molar-refractivity contribution in [2.75, 3.05) is 40.3 Å². The number of amides is 1. The summed E-state index contributed by atoms with van der Waals surface area (Å²) in [6.07, 6.45) is 2.32. The third-order valence-corrected chi connectivity index (χ3v) is 5.02. The van der Waals surface area contributed by atoms with Crippen LogP contribution in [0.2, 0.25) is 0 Å². The second-order valence-electron chi connectivity index (χ2n) is 7.52. The SMILES string of the molecule is CC1CN(C(=O)CCc2ccc(F)cc2)CC(C)N1CCCN(C)C. The average molecular weight is 349 g/mol. The van der Waals surface area contributed by atoms with E-state index in [1.165, 1.54) is 12.1 Å². The molecule has 0 aliphatic carbocycles. The predicted octanol–water partition coefficient (Wildman–Crippen LogP) is 2.63. The van der Waals surface area contributed by atoms with E-state index >= 15 is 0 Å². The van der Waals surface area contributed by atoms with Gasteiger partial charge in [0.1, 0.15) is 5.82 Å². The number of carbonyl (C=O) groups is 1. The summed E-state index contributed by atoms with van der Waals surface area (Å²) >= 11 is 0. The lowest BCUT2D eigenvalue weighted by atomic mass is 10.1. The summed E-state index contributed by atoms with van der Waals surface area (Å²) in [7, 11) is 4.20. The normalized spacial score (nSPS) is 21.8. The molecule has 0 bridgehead atoms. The first-order valence-electron chi connectivity index (χ1n) is 9.29. The van der Waals surface area contributed by atoms with Gasteiger partial charge < -0.3 is 9.80 Å². The van der Waals surface area contributed by atoms with E-state index in [2.05, 4.69) is 37.7 Å². The van der Waals surface area contributed by atoms with Crippen LogP contribution in [0.15, 0.2) is 24.3 Å². The van der Waals surface area contributed by atoms with Gasteiger partial charge in [-0.25, -0.2) is 4.39 Å². The predicted molar refractivity (Wildman–Crippen MR) is 100 cm³/mol. The fraction of sp³-hybridized carbons (Fsp3) is 0.650. The summed E-state index contributed by atoms with van der Waals surface area (Å²) in [6, 6.07) is 7.21. The van der Waals surface area contributed by atoms with E-state index in [9.17, 15) is 9.18 Å². The lowest BCUT2D eigenvalue weighted by Gasteiger charge is -2.44. The zero-order chi connectivity index (χ0) is 18.4. The topological polar surface area (TPSA) is 26.8 Å². The lowest BCUT2D eigenvalue weighted by Crippen LogP contribution is -2.58. The first-order chi connectivity index (χ1) is 11.9. The fourth-order valence-corrected chi connectivity index (χ4v) is 3.63. The van der Waals surface area contributed by atoms with E-state index < -0.39 is 0 Å². The summed E-state index contributed by atoms with van der Waals surface area (Å²) in [5.41, 5.74) is 1.01. The quantitative estimate of drug-likeness (QED) is 0.757. The van der Waals surface area contributed by atoms with Crippen LogP contribution in [0.1, 0.15) is 32.3 Å². The highest BCUT2D eigenvalue weighted by molar-refractivity contribution is 5.76. The van der Waals surface area contributed by atoms with Gasteiger partial charge in [0.15, 0.2) is 0 Å². The molecule has 0 spiro atoms. The lowest BCUT2D eigenvalue weighted by molar-refractivity contribution is -0.135. The minimum absolute atomic E-state index is 0.205. The third kappa shape index (κ3) is 6.08. The van der Waals surface area contributed by atoms with Crippen LogP contribution in [0.3, 0.4) is 0 Å². The molecule has 1 aromatic carbocycles. The van der Waals surface area contributed by atoms with Crippen LogP contribution in [0.4, 0.5) is 4.39 Å². The van der Waals surface area contributed by atoms with Gasteiger partial charge in [-0.1, -0.05) is 12.1 Å². The molecule has 1 aliphatic rings. The Bertz CT molecular complexity index is 534. The van der Waals surface area contributed by atoms with Crippen LogP contribution in [0.5, 0.6) is 0 Å². The van der Waals surface area contributed by atoms with Gasteiger partial charge in [-0.3, -0.25) is 9.69 Å². The molecule has 25 heavy (non-hydrogen) atoms. The molecular formula is C20H32FN3O. The molecule has 1 aliphatic heterocycles. The molecule has 1 heterocycles. The fourth-order valence-electron chi connectivity index (χ4n) is 3.63. The maximum absolute atomic E-state index is 12.9. The van der Waals surface area contributed by atoms with Gasteiger partial charge in [-0.15, -0.1) is 0 Å². The summed E-state index contributed by atoms with van der Waals surface area (Å²) in [5.74, 6) is -0.0286. The zero-order valence-electron chi connectivity index (χ0n) is 16.0. The second kappa shape index (κ2) is 9.30. The Kier molecular flexibility index (Phi) is 7.38. The van der Waals surface area contributed by atoms with Crippen LogP contribution in [0, 0.1) is 5.82 Å². The minimum atomic E-state index is -0.233. The smallest absolute Gasteiger partial charge is 0.223 e. The molecule has 140 valence electrons. The van der Waals surface area contributed by atoms with Crippen molar-refractivity contribution in [1.29, 1.82) is 0 Å². The Balaban J connectivity index is 1.81. The molecule has 2 unspecified atom stereocenters. The number of benzene rings is 1. The molecule has 2 rings (SSSR count). The number of nitrogens with zero attached hydrogens (tertiary/aromatic N) is 3. The Hall–Kier alpha value is -1.46. The maximum atomic E-state index is 12.9. The van der Waals surface area contributed by atoms with Crippen molar-refractivity contribution in [2.24, 2.45) is 0 Å². The number of rotatable bonds is 7. The number of hydrogen-bond acceptors (Lipinski definition) is 3. The van der Waals surface area contributed by atoms with Crippen LogP contribution in [-0.2, 0) is 11.2 Å². The van der Waals surface area contributed by atoms with Crippen molar-refractivity contribution in [3.05, 3.63) is 35.6 Å². The van der Waals surface area contributed by atoms with E-state index in [0.29, 0.717) is 24.9 Å². The van der Waals surface area contributed by atoms with E-state index in [-0.39, 0.29) is 11.7 Å². The van der Waals surface area contributed by atoms with Crippen molar-refractivity contribution in [3.8, 4) is 0 Å². The Labute approximate surface area is 151 Å². The molecule has 1 fully saturated rings. The zero-order valence-corrected chi connectivity index (χ0v) is 16.0. The Morgan fingerprint density at radius 2 is 1.76 bits per heavy atom. The number of aryl methyl sites for hydroxylation is 1. The molecule has 0 saturated carbocycles. The van der Waals surface area contributed by atoms with Gasteiger partial charge in [0.05, 0.1) is 0 Å². The highest BCUT2D eigenvalue weighted by atomic mass is 19.1. The van der Waals surface area contributed by atoms with Crippen LogP contribution in [-0.4, -0.2) is 73.0 Å². The molecule has 1 saturated heterocycles. The van der Waals surface area contributed by atoms with E-state index in [4.69, 9.17) is 0 Å². The maximum Gasteiger partial charge on any atom is 0.223 e. The molecular weight excluding hydrogens is 317 g/mol. The van der Waals surface area contributed by atoms with Gasteiger partial charge in [0.25, 0.3) is 0 Å². The first kappa shape index (κ1) is 19.9. The van der Waals surface area contributed by atoms with Gasteiger partial charge in [-0.2, -0.15) is 0 Å². The highest BCUT2D eigenvalue weighted by Crippen LogP contribution is 2.17. The Morgan fingerprint density at radius 1 is 1.16 bits per heavy atom. The standard InChI is InChI=1S/C20H32FN3O/c1-16-14-23(15-17(2)24(16)13-5-12-22(3)4)20(25)11-8-18-6-9-19(21)10-7-18/h6-7,9-10,16-17H,5,8,11-15H2,1-4H3. The molecule has 1 amide bonds. The van der Waals surface area contributed by atoms with Crippen molar-refractivity contribution < 1.29 is 9.18 Å². The van der Waals surface area contributed by atoms with Crippen molar-refractivity contribution in [3.63, 3.8) is 0 Å². The monoisotopic (exact) mass is 349 g/mol. The second-order valence-corrected chi connectivity index (χ2v) is 7.52. The third-order valence-electron chi connectivity index (χ3n) is 5.02. The van der Waals surface area contributed by atoms with Gasteiger partial charge in [0.2, 0.25) is 5.91 Å². The Morgan fingerprint density at radius 3 is 2.32 bits per heavy atom. The summed E-state index contributed by atoms with van der Waals surface area (Å²) in [6.45, 7) is 8.20. The van der Waals surface area contributed by atoms with Crippen molar-refractivity contribution >= 4 is 5.91 Å². The van der Waals surface area contributed by atoms with Crippen molar-refractivity contribution in [1.82, 2.24) is 14.7 Å². The molecule has 4 nitrogen and oxygen atoms in total.